The number of Topliss-reactive ketones (excluding diaryl/α,β-unsaturated/α-hetero) is 1. The van der Waals surface area contributed by atoms with Gasteiger partial charge in [-0.3, -0.25) is 14.9 Å². The van der Waals surface area contributed by atoms with E-state index in [1.807, 2.05) is 30.3 Å². The predicted octanol–water partition coefficient (Wildman–Crippen LogP) is 3.88. The fraction of sp³-hybridized carbons (Fsp3) is 0.190. The molecule has 0 saturated heterocycles. The number of non-ortho nitro benzene ring substituents is 1. The highest BCUT2D eigenvalue weighted by Crippen LogP contribution is 2.40. The van der Waals surface area contributed by atoms with E-state index in [9.17, 15) is 14.9 Å². The summed E-state index contributed by atoms with van der Waals surface area (Å²) in [4.78, 5) is 28.1. The van der Waals surface area contributed by atoms with Crippen LogP contribution in [0.5, 0.6) is 0 Å². The van der Waals surface area contributed by atoms with Gasteiger partial charge in [0.05, 0.1) is 4.92 Å². The standard InChI is InChI=1S/C21H17N5O3/c27-17-8-4-7-16-18(17)19(13-9-11-15(12-10-13)26(28)29)25-21(22-16)23-20(24-25)14-5-2-1-3-6-14/h1-3,5-6,9-12,19H,4,7-8H2,(H,22,23,24). The number of ketones is 1. The molecule has 2 aliphatic rings. The maximum absolute atomic E-state index is 12.8. The molecular formula is C21H17N5O3. The molecule has 0 fully saturated rings. The second-order valence-corrected chi connectivity index (χ2v) is 7.11. The van der Waals surface area contributed by atoms with Gasteiger partial charge in [-0.25, -0.2) is 4.68 Å². The summed E-state index contributed by atoms with van der Waals surface area (Å²) in [5, 5.41) is 19.0. The van der Waals surface area contributed by atoms with E-state index in [2.05, 4.69) is 15.4 Å². The van der Waals surface area contributed by atoms with Crippen molar-refractivity contribution in [3.05, 3.63) is 81.5 Å². The maximum Gasteiger partial charge on any atom is 0.269 e. The average molecular weight is 387 g/mol. The highest BCUT2D eigenvalue weighted by atomic mass is 16.6. The third-order valence-corrected chi connectivity index (χ3v) is 5.32. The van der Waals surface area contributed by atoms with E-state index in [0.29, 0.717) is 23.8 Å². The van der Waals surface area contributed by atoms with Crippen molar-refractivity contribution in [3.63, 3.8) is 0 Å². The van der Waals surface area contributed by atoms with Gasteiger partial charge in [0.2, 0.25) is 5.95 Å². The number of rotatable bonds is 3. The van der Waals surface area contributed by atoms with Crippen molar-refractivity contribution in [2.75, 3.05) is 5.32 Å². The minimum atomic E-state index is -0.459. The van der Waals surface area contributed by atoms with E-state index in [4.69, 9.17) is 0 Å². The summed E-state index contributed by atoms with van der Waals surface area (Å²) in [6, 6.07) is 15.5. The Bertz CT molecular complexity index is 1150. The first-order valence-corrected chi connectivity index (χ1v) is 9.41. The van der Waals surface area contributed by atoms with E-state index in [1.54, 1.807) is 16.8 Å². The lowest BCUT2D eigenvalue weighted by atomic mass is 9.85. The van der Waals surface area contributed by atoms with Crippen LogP contribution in [0.4, 0.5) is 11.6 Å². The molecule has 0 amide bonds. The minimum absolute atomic E-state index is 0.00986. The third-order valence-electron chi connectivity index (χ3n) is 5.32. The Balaban J connectivity index is 1.66. The number of allylic oxidation sites excluding steroid dienone is 2. The molecule has 2 aromatic carbocycles. The van der Waals surface area contributed by atoms with Crippen molar-refractivity contribution in [2.45, 2.75) is 25.3 Å². The summed E-state index contributed by atoms with van der Waals surface area (Å²) in [7, 11) is 0. The number of nitrogens with zero attached hydrogens (tertiary/aromatic N) is 4. The minimum Gasteiger partial charge on any atom is -0.328 e. The summed E-state index contributed by atoms with van der Waals surface area (Å²) in [6.07, 6.45) is 2.04. The first kappa shape index (κ1) is 17.3. The molecule has 1 aromatic heterocycles. The summed E-state index contributed by atoms with van der Waals surface area (Å²) in [5.41, 5.74) is 3.19. The third kappa shape index (κ3) is 2.89. The Morgan fingerprint density at radius 2 is 1.83 bits per heavy atom. The quantitative estimate of drug-likeness (QED) is 0.540. The van der Waals surface area contributed by atoms with Crippen LogP contribution in [0.25, 0.3) is 11.4 Å². The van der Waals surface area contributed by atoms with Gasteiger partial charge in [0.1, 0.15) is 6.04 Å². The molecule has 2 heterocycles. The number of carbonyl (C=O) groups excluding carboxylic acids is 1. The zero-order valence-corrected chi connectivity index (χ0v) is 15.4. The van der Waals surface area contributed by atoms with Gasteiger partial charge in [-0.2, -0.15) is 4.98 Å². The summed E-state index contributed by atoms with van der Waals surface area (Å²) >= 11 is 0. The fourth-order valence-corrected chi connectivity index (χ4v) is 3.95. The molecule has 0 bridgehead atoms. The van der Waals surface area contributed by atoms with Crippen LogP contribution in [0.2, 0.25) is 0 Å². The second-order valence-electron chi connectivity index (χ2n) is 7.11. The van der Waals surface area contributed by atoms with Crippen molar-refractivity contribution in [1.82, 2.24) is 14.8 Å². The van der Waals surface area contributed by atoms with Gasteiger partial charge >= 0.3 is 0 Å². The van der Waals surface area contributed by atoms with Gasteiger partial charge in [0.25, 0.3) is 5.69 Å². The van der Waals surface area contributed by atoms with E-state index in [-0.39, 0.29) is 11.5 Å². The van der Waals surface area contributed by atoms with Gasteiger partial charge in [-0.1, -0.05) is 30.3 Å². The van der Waals surface area contributed by atoms with Crippen LogP contribution < -0.4 is 5.32 Å². The number of hydrogen-bond acceptors (Lipinski definition) is 6. The molecule has 1 N–H and O–H groups in total. The van der Waals surface area contributed by atoms with Crippen LogP contribution in [-0.2, 0) is 4.79 Å². The number of aromatic nitrogens is 3. The van der Waals surface area contributed by atoms with Crippen LogP contribution in [0, 0.1) is 10.1 Å². The van der Waals surface area contributed by atoms with Crippen molar-refractivity contribution >= 4 is 17.4 Å². The Kier molecular flexibility index (Phi) is 3.97. The largest absolute Gasteiger partial charge is 0.328 e. The number of nitro groups is 1. The molecule has 5 rings (SSSR count). The van der Waals surface area contributed by atoms with Crippen molar-refractivity contribution in [3.8, 4) is 11.4 Å². The Morgan fingerprint density at radius 3 is 2.55 bits per heavy atom. The van der Waals surface area contributed by atoms with Crippen LogP contribution in [-0.4, -0.2) is 25.5 Å². The van der Waals surface area contributed by atoms with Crippen molar-refractivity contribution in [1.29, 1.82) is 0 Å². The lowest BCUT2D eigenvalue weighted by Crippen LogP contribution is -2.31. The molecule has 29 heavy (non-hydrogen) atoms. The number of nitrogens with one attached hydrogen (secondary N) is 1. The van der Waals surface area contributed by atoms with E-state index < -0.39 is 11.0 Å². The summed E-state index contributed by atoms with van der Waals surface area (Å²) < 4.78 is 1.71. The smallest absolute Gasteiger partial charge is 0.269 e. The van der Waals surface area contributed by atoms with Gasteiger partial charge in [-0.05, 0) is 30.5 Å². The average Bonchev–Trinajstić information content (AvgIpc) is 3.17. The van der Waals surface area contributed by atoms with Gasteiger partial charge < -0.3 is 5.32 Å². The molecule has 0 saturated carbocycles. The van der Waals surface area contributed by atoms with E-state index in [1.165, 1.54) is 12.1 Å². The number of fused-ring (bicyclic) bond motifs is 1. The lowest BCUT2D eigenvalue weighted by Gasteiger charge is -2.32. The van der Waals surface area contributed by atoms with Crippen LogP contribution in [0.15, 0.2) is 65.9 Å². The maximum atomic E-state index is 12.8. The number of hydrogen-bond donors (Lipinski definition) is 1. The molecule has 8 nitrogen and oxygen atoms in total. The van der Waals surface area contributed by atoms with Gasteiger partial charge in [-0.15, -0.1) is 5.10 Å². The Labute approximate surface area is 166 Å². The Morgan fingerprint density at radius 1 is 1.07 bits per heavy atom. The van der Waals surface area contributed by atoms with Crippen LogP contribution in [0.3, 0.4) is 0 Å². The molecule has 8 heteroatoms. The molecule has 1 atom stereocenters. The molecule has 0 radical (unpaired) electrons. The molecule has 1 aliphatic heterocycles. The highest BCUT2D eigenvalue weighted by molar-refractivity contribution is 5.99. The monoisotopic (exact) mass is 387 g/mol. The molecule has 3 aromatic rings. The fourth-order valence-electron chi connectivity index (χ4n) is 3.95. The predicted molar refractivity (Wildman–Crippen MR) is 106 cm³/mol. The number of carbonyl (C=O) groups is 1. The first-order valence-electron chi connectivity index (χ1n) is 9.41. The summed E-state index contributed by atoms with van der Waals surface area (Å²) in [6.45, 7) is 0. The van der Waals surface area contributed by atoms with E-state index >= 15 is 0 Å². The Hall–Kier alpha value is -3.81. The normalized spacial score (nSPS) is 18.1. The summed E-state index contributed by atoms with van der Waals surface area (Å²) in [5.74, 6) is 1.21. The zero-order valence-electron chi connectivity index (χ0n) is 15.4. The van der Waals surface area contributed by atoms with Crippen molar-refractivity contribution in [2.24, 2.45) is 0 Å². The molecule has 0 spiro atoms. The van der Waals surface area contributed by atoms with Gasteiger partial charge in [0, 0.05) is 35.4 Å². The molecular weight excluding hydrogens is 370 g/mol. The molecule has 1 aliphatic carbocycles. The van der Waals surface area contributed by atoms with Crippen LogP contribution in [0.1, 0.15) is 30.9 Å². The number of benzene rings is 2. The molecule has 1 unspecified atom stereocenters. The highest BCUT2D eigenvalue weighted by Gasteiger charge is 2.37. The SMILES string of the molecule is O=C1CCCC2=C1C(c1ccc([N+](=O)[O-])cc1)n1nc(-c3ccccc3)nc1N2. The number of nitro benzene ring substituents is 1. The number of anilines is 1. The molecule has 144 valence electrons. The van der Waals surface area contributed by atoms with E-state index in [0.717, 1.165) is 29.7 Å². The lowest BCUT2D eigenvalue weighted by molar-refractivity contribution is -0.384. The van der Waals surface area contributed by atoms with Crippen molar-refractivity contribution < 1.29 is 9.72 Å². The zero-order chi connectivity index (χ0) is 20.0. The van der Waals surface area contributed by atoms with Crippen LogP contribution >= 0.6 is 0 Å². The topological polar surface area (TPSA) is 103 Å². The first-order chi connectivity index (χ1) is 14.1. The second kappa shape index (κ2) is 6.66. The van der Waals surface area contributed by atoms with Gasteiger partial charge in [0.15, 0.2) is 11.6 Å².